The van der Waals surface area contributed by atoms with Gasteiger partial charge in [-0.3, -0.25) is 9.59 Å². The lowest BCUT2D eigenvalue weighted by Gasteiger charge is -2.29. The Morgan fingerprint density at radius 3 is 2.29 bits per heavy atom. The molecule has 1 atom stereocenters. The minimum absolute atomic E-state index is 0.157. The molecule has 0 heterocycles. The number of carbonyl (C=O) groups excluding carboxylic acids is 2. The fraction of sp³-hybridized carbons (Fsp3) is 0.333. The van der Waals surface area contributed by atoms with E-state index in [4.69, 9.17) is 27.9 Å². The molecule has 28 heavy (non-hydrogen) atoms. The molecule has 7 heteroatoms. The van der Waals surface area contributed by atoms with Crippen LogP contribution in [0.1, 0.15) is 25.0 Å². The van der Waals surface area contributed by atoms with Crippen molar-refractivity contribution in [2.45, 2.75) is 32.9 Å². The summed E-state index contributed by atoms with van der Waals surface area (Å²) in [5.74, 6) is 0.361. The lowest BCUT2D eigenvalue weighted by Crippen LogP contribution is -2.48. The topological polar surface area (TPSA) is 58.6 Å². The Kier molecular flexibility index (Phi) is 8.15. The first-order valence-corrected chi connectivity index (χ1v) is 9.75. The minimum Gasteiger partial charge on any atom is -0.497 e. The Morgan fingerprint density at radius 1 is 1.07 bits per heavy atom. The van der Waals surface area contributed by atoms with Crippen LogP contribution in [-0.2, 0) is 22.6 Å². The maximum atomic E-state index is 13.0. The van der Waals surface area contributed by atoms with E-state index >= 15 is 0 Å². The molecule has 0 saturated carbocycles. The van der Waals surface area contributed by atoms with E-state index in [9.17, 15) is 9.59 Å². The molecule has 2 aromatic rings. The number of hydrogen-bond donors (Lipinski definition) is 1. The van der Waals surface area contributed by atoms with Crippen molar-refractivity contribution in [1.82, 2.24) is 10.2 Å². The third-order valence-electron chi connectivity index (χ3n) is 4.37. The Bertz CT molecular complexity index is 825. The van der Waals surface area contributed by atoms with Crippen LogP contribution < -0.4 is 10.1 Å². The number of rotatable bonds is 8. The van der Waals surface area contributed by atoms with Gasteiger partial charge in [-0.1, -0.05) is 41.4 Å². The molecule has 2 amide bonds. The monoisotopic (exact) mass is 422 g/mol. The van der Waals surface area contributed by atoms with Crippen molar-refractivity contribution in [3.05, 3.63) is 63.6 Å². The van der Waals surface area contributed by atoms with Crippen LogP contribution in [0, 0.1) is 0 Å². The highest BCUT2D eigenvalue weighted by molar-refractivity contribution is 6.42. The highest BCUT2D eigenvalue weighted by Gasteiger charge is 2.26. The summed E-state index contributed by atoms with van der Waals surface area (Å²) in [6.45, 7) is 4.31. The van der Waals surface area contributed by atoms with Crippen molar-refractivity contribution in [1.29, 1.82) is 0 Å². The highest BCUT2D eigenvalue weighted by atomic mass is 35.5. The predicted molar refractivity (Wildman–Crippen MR) is 112 cm³/mol. The van der Waals surface area contributed by atoms with Crippen LogP contribution in [0.5, 0.6) is 5.75 Å². The van der Waals surface area contributed by atoms with Crippen molar-refractivity contribution >= 4 is 35.0 Å². The van der Waals surface area contributed by atoms with E-state index in [1.165, 1.54) is 0 Å². The van der Waals surface area contributed by atoms with Crippen LogP contribution >= 0.6 is 23.2 Å². The molecule has 5 nitrogen and oxygen atoms in total. The first-order chi connectivity index (χ1) is 13.3. The van der Waals surface area contributed by atoms with Gasteiger partial charge in [-0.15, -0.1) is 0 Å². The maximum absolute atomic E-state index is 13.0. The number of halogens is 2. The smallest absolute Gasteiger partial charge is 0.242 e. The average Bonchev–Trinajstić information content (AvgIpc) is 2.69. The van der Waals surface area contributed by atoms with E-state index in [1.807, 2.05) is 19.1 Å². The number of nitrogens with one attached hydrogen (secondary N) is 1. The summed E-state index contributed by atoms with van der Waals surface area (Å²) < 4.78 is 5.15. The molecule has 1 N–H and O–H groups in total. The van der Waals surface area contributed by atoms with Crippen LogP contribution in [0.15, 0.2) is 42.5 Å². The zero-order valence-corrected chi connectivity index (χ0v) is 17.7. The van der Waals surface area contributed by atoms with Crippen LogP contribution in [0.4, 0.5) is 0 Å². The number of amides is 2. The van der Waals surface area contributed by atoms with Gasteiger partial charge in [0.1, 0.15) is 11.8 Å². The summed E-state index contributed by atoms with van der Waals surface area (Å²) in [5.41, 5.74) is 1.64. The molecule has 0 saturated heterocycles. The van der Waals surface area contributed by atoms with Gasteiger partial charge in [-0.2, -0.15) is 0 Å². The number of nitrogens with zero attached hydrogens (tertiary/aromatic N) is 1. The molecule has 0 aliphatic carbocycles. The summed E-state index contributed by atoms with van der Waals surface area (Å²) in [6, 6.07) is 11.9. The van der Waals surface area contributed by atoms with Crippen LogP contribution in [-0.4, -0.2) is 36.4 Å². The summed E-state index contributed by atoms with van der Waals surface area (Å²) in [6.07, 6.45) is 0.176. The summed E-state index contributed by atoms with van der Waals surface area (Å²) in [7, 11) is 1.59. The number of methoxy groups -OCH3 is 1. The molecule has 0 aliphatic rings. The second kappa shape index (κ2) is 10.3. The van der Waals surface area contributed by atoms with Gasteiger partial charge in [0.15, 0.2) is 0 Å². The average molecular weight is 423 g/mol. The fourth-order valence-electron chi connectivity index (χ4n) is 2.76. The van der Waals surface area contributed by atoms with E-state index in [-0.39, 0.29) is 24.8 Å². The lowest BCUT2D eigenvalue weighted by atomic mass is 10.1. The largest absolute Gasteiger partial charge is 0.497 e. The van der Waals surface area contributed by atoms with E-state index in [2.05, 4.69) is 5.32 Å². The summed E-state index contributed by atoms with van der Waals surface area (Å²) >= 11 is 12.1. The molecule has 150 valence electrons. The zero-order chi connectivity index (χ0) is 20.7. The first-order valence-electron chi connectivity index (χ1n) is 8.99. The van der Waals surface area contributed by atoms with Gasteiger partial charge < -0.3 is 15.0 Å². The fourth-order valence-corrected chi connectivity index (χ4v) is 3.08. The van der Waals surface area contributed by atoms with E-state index < -0.39 is 6.04 Å². The lowest BCUT2D eigenvalue weighted by molar-refractivity contribution is -0.140. The standard InChI is InChI=1S/C21H24Cl2N2O3/c1-4-24-21(27)14(2)25(13-16-7-10-18(22)19(23)11-16)20(26)12-15-5-8-17(28-3)9-6-15/h5-11,14H,4,12-13H2,1-3H3,(H,24,27). The molecule has 0 radical (unpaired) electrons. The third-order valence-corrected chi connectivity index (χ3v) is 5.11. The van der Waals surface area contributed by atoms with Crippen molar-refractivity contribution in [3.8, 4) is 5.75 Å². The van der Waals surface area contributed by atoms with E-state index in [0.29, 0.717) is 16.6 Å². The maximum Gasteiger partial charge on any atom is 0.242 e. The minimum atomic E-state index is -0.625. The number of benzene rings is 2. The van der Waals surface area contributed by atoms with Gasteiger partial charge in [0, 0.05) is 13.1 Å². The Labute approximate surface area is 175 Å². The van der Waals surface area contributed by atoms with Gasteiger partial charge >= 0.3 is 0 Å². The van der Waals surface area contributed by atoms with Crippen molar-refractivity contribution in [2.24, 2.45) is 0 Å². The van der Waals surface area contributed by atoms with Gasteiger partial charge in [-0.25, -0.2) is 0 Å². The Morgan fingerprint density at radius 2 is 1.71 bits per heavy atom. The first kappa shape index (κ1) is 22.1. The molecular weight excluding hydrogens is 399 g/mol. The molecule has 0 fully saturated rings. The molecule has 2 rings (SSSR count). The number of hydrogen-bond acceptors (Lipinski definition) is 3. The van der Waals surface area contributed by atoms with Crippen molar-refractivity contribution in [2.75, 3.05) is 13.7 Å². The van der Waals surface area contributed by atoms with E-state index in [1.54, 1.807) is 49.3 Å². The molecule has 2 aromatic carbocycles. The van der Waals surface area contributed by atoms with E-state index in [0.717, 1.165) is 16.9 Å². The molecule has 0 bridgehead atoms. The normalized spacial score (nSPS) is 11.6. The van der Waals surface area contributed by atoms with Gasteiger partial charge in [0.2, 0.25) is 11.8 Å². The van der Waals surface area contributed by atoms with Crippen molar-refractivity contribution in [3.63, 3.8) is 0 Å². The summed E-state index contributed by atoms with van der Waals surface area (Å²) in [4.78, 5) is 26.9. The van der Waals surface area contributed by atoms with Gasteiger partial charge in [0.05, 0.1) is 23.6 Å². The van der Waals surface area contributed by atoms with Crippen molar-refractivity contribution < 1.29 is 14.3 Å². The second-order valence-corrected chi connectivity index (χ2v) is 7.18. The highest BCUT2D eigenvalue weighted by Crippen LogP contribution is 2.24. The number of ether oxygens (including phenoxy) is 1. The second-order valence-electron chi connectivity index (χ2n) is 6.37. The molecular formula is C21H24Cl2N2O3. The van der Waals surface area contributed by atoms with Crippen LogP contribution in [0.25, 0.3) is 0 Å². The molecule has 0 aliphatic heterocycles. The molecule has 1 unspecified atom stereocenters. The van der Waals surface area contributed by atoms with Crippen LogP contribution in [0.2, 0.25) is 10.0 Å². The molecule has 0 aromatic heterocycles. The Balaban J connectivity index is 2.23. The third kappa shape index (κ3) is 5.88. The number of likely N-dealkylation sites (N-methyl/N-ethyl adjacent to an activating group) is 1. The van der Waals surface area contributed by atoms with Gasteiger partial charge in [-0.05, 0) is 49.2 Å². The Hall–Kier alpha value is -2.24. The predicted octanol–water partition coefficient (Wildman–Crippen LogP) is 4.10. The number of carbonyl (C=O) groups is 2. The SMILES string of the molecule is CCNC(=O)C(C)N(Cc1ccc(Cl)c(Cl)c1)C(=O)Cc1ccc(OC)cc1. The quantitative estimate of drug-likeness (QED) is 0.696. The van der Waals surface area contributed by atoms with Gasteiger partial charge in [0.25, 0.3) is 0 Å². The zero-order valence-electron chi connectivity index (χ0n) is 16.2. The molecule has 0 spiro atoms. The summed E-state index contributed by atoms with van der Waals surface area (Å²) in [5, 5.41) is 3.62. The van der Waals surface area contributed by atoms with Crippen LogP contribution in [0.3, 0.4) is 0 Å².